The topological polar surface area (TPSA) is 160 Å². The highest BCUT2D eigenvalue weighted by atomic mass is 16.6. The van der Waals surface area contributed by atoms with E-state index in [1.54, 1.807) is 53.4 Å². The number of hydrogen-bond donors (Lipinski definition) is 4. The molecule has 3 atom stereocenters. The van der Waals surface area contributed by atoms with Crippen molar-refractivity contribution in [2.45, 2.75) is 109 Å². The first-order valence-electron chi connectivity index (χ1n) is 11.7. The van der Waals surface area contributed by atoms with E-state index in [1.165, 1.54) is 0 Å². The van der Waals surface area contributed by atoms with E-state index in [0.717, 1.165) is 0 Å². The normalized spacial score (nSPS) is 21.9. The minimum atomic E-state index is -1.52. The number of nitrogens with one attached hydrogen (secondary N) is 2. The molecule has 1 aliphatic rings. The number of carbonyl (C=O) groups is 4. The number of nitrogens with two attached hydrogens (primary N) is 1. The van der Waals surface area contributed by atoms with Gasteiger partial charge in [0.15, 0.2) is 0 Å². The Kier molecular flexibility index (Phi) is 10.2. The highest BCUT2D eigenvalue weighted by molar-refractivity contribution is 5.86. The maximum atomic E-state index is 12.9. The molecule has 0 aromatic rings. The van der Waals surface area contributed by atoms with Crippen LogP contribution < -0.4 is 16.4 Å². The second kappa shape index (κ2) is 11.7. The number of likely N-dealkylation sites (tertiary alicyclic amines) is 1. The van der Waals surface area contributed by atoms with Gasteiger partial charge in [-0.15, -0.1) is 0 Å². The lowest BCUT2D eigenvalue weighted by molar-refractivity contribution is -0.151. The minimum Gasteiger partial charge on any atom is -0.480 e. The van der Waals surface area contributed by atoms with Crippen LogP contribution in [-0.4, -0.2) is 76.0 Å². The lowest BCUT2D eigenvalue weighted by atomic mass is 9.83. The molecule has 0 spiro atoms. The summed E-state index contributed by atoms with van der Waals surface area (Å²) in [5, 5.41) is 15.0. The van der Waals surface area contributed by atoms with E-state index in [2.05, 4.69) is 10.6 Å². The third kappa shape index (κ3) is 9.74. The lowest BCUT2D eigenvalue weighted by Gasteiger charge is -2.44. The molecule has 1 rings (SSSR count). The van der Waals surface area contributed by atoms with Crippen LogP contribution in [0.15, 0.2) is 0 Å². The Morgan fingerprint density at radius 1 is 1.06 bits per heavy atom. The van der Waals surface area contributed by atoms with Gasteiger partial charge in [0, 0.05) is 25.6 Å². The Morgan fingerprint density at radius 3 is 2.12 bits per heavy atom. The number of ether oxygens (including phenoxy) is 2. The van der Waals surface area contributed by atoms with Crippen LogP contribution in [0.25, 0.3) is 0 Å². The lowest BCUT2D eigenvalue weighted by Crippen LogP contribution is -2.64. The Morgan fingerprint density at radius 2 is 1.62 bits per heavy atom. The van der Waals surface area contributed by atoms with E-state index in [4.69, 9.17) is 15.2 Å². The van der Waals surface area contributed by atoms with Gasteiger partial charge >= 0.3 is 18.2 Å². The van der Waals surface area contributed by atoms with Gasteiger partial charge in [0.1, 0.15) is 16.7 Å². The van der Waals surface area contributed by atoms with Gasteiger partial charge in [-0.05, 0) is 74.1 Å². The molecule has 3 amide bonds. The molecule has 0 aromatic heterocycles. The Bertz CT molecular complexity index is 745. The molecule has 2 unspecified atom stereocenters. The molecule has 1 saturated heterocycles. The van der Waals surface area contributed by atoms with Crippen LogP contribution in [0.1, 0.15) is 80.6 Å². The molecule has 1 heterocycles. The van der Waals surface area contributed by atoms with Crippen molar-refractivity contribution in [3.05, 3.63) is 0 Å². The number of nitrogens with zero attached hydrogens (tertiary/aromatic N) is 1. The summed E-state index contributed by atoms with van der Waals surface area (Å²) in [6.07, 6.45) is 0.486. The zero-order valence-corrected chi connectivity index (χ0v) is 21.5. The predicted octanol–water partition coefficient (Wildman–Crippen LogP) is 2.37. The van der Waals surface area contributed by atoms with E-state index in [1.807, 2.05) is 0 Å². The number of piperidine rings is 1. The van der Waals surface area contributed by atoms with E-state index >= 15 is 0 Å². The molecule has 11 heteroatoms. The molecule has 5 N–H and O–H groups in total. The third-order valence-corrected chi connectivity index (χ3v) is 5.32. The number of amides is 3. The summed E-state index contributed by atoms with van der Waals surface area (Å²) >= 11 is 0. The van der Waals surface area contributed by atoms with Crippen LogP contribution in [0, 0.1) is 0 Å². The summed E-state index contributed by atoms with van der Waals surface area (Å²) in [4.78, 5) is 50.3. The van der Waals surface area contributed by atoms with Crippen molar-refractivity contribution < 1.29 is 33.8 Å². The summed E-state index contributed by atoms with van der Waals surface area (Å²) < 4.78 is 10.4. The van der Waals surface area contributed by atoms with Crippen molar-refractivity contribution >= 4 is 24.1 Å². The zero-order valence-electron chi connectivity index (χ0n) is 21.5. The molecular weight excluding hydrogens is 444 g/mol. The highest BCUT2D eigenvalue weighted by Gasteiger charge is 2.47. The van der Waals surface area contributed by atoms with Crippen molar-refractivity contribution in [2.75, 3.05) is 13.1 Å². The van der Waals surface area contributed by atoms with E-state index in [9.17, 15) is 24.3 Å². The number of rotatable bonds is 8. The molecule has 0 aliphatic carbocycles. The number of unbranched alkanes of at least 4 members (excludes halogenated alkanes) is 1. The smallest absolute Gasteiger partial charge is 0.408 e. The van der Waals surface area contributed by atoms with Crippen LogP contribution in [-0.2, 0) is 19.1 Å². The van der Waals surface area contributed by atoms with Crippen LogP contribution in [0.5, 0.6) is 0 Å². The van der Waals surface area contributed by atoms with Gasteiger partial charge in [-0.2, -0.15) is 0 Å². The molecule has 0 bridgehead atoms. The van der Waals surface area contributed by atoms with Crippen LogP contribution in [0.4, 0.5) is 9.59 Å². The summed E-state index contributed by atoms with van der Waals surface area (Å²) in [6.45, 7) is 12.7. The fourth-order valence-electron chi connectivity index (χ4n) is 3.77. The summed E-state index contributed by atoms with van der Waals surface area (Å²) in [7, 11) is 0. The Balaban J connectivity index is 2.55. The van der Waals surface area contributed by atoms with Crippen molar-refractivity contribution in [2.24, 2.45) is 5.73 Å². The predicted molar refractivity (Wildman–Crippen MR) is 126 cm³/mol. The van der Waals surface area contributed by atoms with E-state index in [-0.39, 0.29) is 25.3 Å². The number of carboxylic acid groups (broad SMARTS) is 1. The maximum absolute atomic E-state index is 12.9. The van der Waals surface area contributed by atoms with Crippen LogP contribution >= 0.6 is 0 Å². The maximum Gasteiger partial charge on any atom is 0.408 e. The van der Waals surface area contributed by atoms with Crippen molar-refractivity contribution in [1.29, 1.82) is 0 Å². The first-order chi connectivity index (χ1) is 15.5. The van der Waals surface area contributed by atoms with Gasteiger partial charge in [-0.1, -0.05) is 0 Å². The van der Waals surface area contributed by atoms with Gasteiger partial charge < -0.3 is 35.8 Å². The minimum absolute atomic E-state index is 0.0415. The van der Waals surface area contributed by atoms with Gasteiger partial charge in [0.25, 0.3) is 0 Å². The Hall–Kier alpha value is -2.56. The van der Waals surface area contributed by atoms with E-state index < -0.39 is 47.0 Å². The number of aliphatic carboxylic acids is 1. The Labute approximate surface area is 202 Å². The first kappa shape index (κ1) is 29.5. The molecule has 34 heavy (non-hydrogen) atoms. The second-order valence-corrected chi connectivity index (χ2v) is 10.9. The van der Waals surface area contributed by atoms with Gasteiger partial charge in [0.05, 0.1) is 6.04 Å². The molecule has 1 fully saturated rings. The summed E-state index contributed by atoms with van der Waals surface area (Å²) in [5.74, 6) is -1.43. The van der Waals surface area contributed by atoms with Gasteiger partial charge in [0.2, 0.25) is 5.91 Å². The molecular formula is C23H42N4O7. The van der Waals surface area contributed by atoms with Crippen molar-refractivity contribution in [3.8, 4) is 0 Å². The second-order valence-electron chi connectivity index (χ2n) is 10.9. The number of hydrogen-bond acceptors (Lipinski definition) is 7. The molecule has 0 aromatic carbocycles. The third-order valence-electron chi connectivity index (χ3n) is 5.32. The summed E-state index contributed by atoms with van der Waals surface area (Å²) in [6, 6.07) is -1.17. The number of carboxylic acids is 1. The molecule has 0 radical (unpaired) electrons. The molecule has 0 saturated carbocycles. The zero-order chi connectivity index (χ0) is 26.3. The fourth-order valence-corrected chi connectivity index (χ4v) is 3.77. The first-order valence-corrected chi connectivity index (χ1v) is 11.7. The summed E-state index contributed by atoms with van der Waals surface area (Å²) in [5.41, 5.74) is 3.26. The average molecular weight is 487 g/mol. The van der Waals surface area contributed by atoms with Gasteiger partial charge in [-0.3, -0.25) is 4.79 Å². The molecule has 196 valence electrons. The van der Waals surface area contributed by atoms with Crippen molar-refractivity contribution in [1.82, 2.24) is 15.5 Å². The molecule has 1 aliphatic heterocycles. The number of carbonyl (C=O) groups excluding carboxylic acids is 3. The fraction of sp³-hybridized carbons (Fsp3) is 0.826. The number of alkyl carbamates (subject to hydrolysis) is 2. The van der Waals surface area contributed by atoms with Crippen LogP contribution in [0.3, 0.4) is 0 Å². The standard InChI is InChI=1S/C23H42N4O7/c1-15-14-23(18(29)30,26-20(32)34-22(5,6)7)11-13-27(15)17(28)16(24)10-8-9-12-25-19(31)33-21(2,3)4/h15-16H,8-14,24H2,1-7H3,(H,25,31)(H,26,32)(H,29,30)/t15?,16-,23?/m1/s1. The quantitative estimate of drug-likeness (QED) is 0.380. The largest absolute Gasteiger partial charge is 0.480 e. The SMILES string of the molecule is CC1CC(NC(=O)OC(C)(C)C)(C(=O)O)CCN1C(=O)[C@H](N)CCCCNC(=O)OC(C)(C)C. The monoisotopic (exact) mass is 486 g/mol. The van der Waals surface area contributed by atoms with Crippen LogP contribution in [0.2, 0.25) is 0 Å². The van der Waals surface area contributed by atoms with E-state index in [0.29, 0.717) is 25.8 Å². The average Bonchev–Trinajstić information content (AvgIpc) is 2.64. The highest BCUT2D eigenvalue weighted by Crippen LogP contribution is 2.29. The molecule has 11 nitrogen and oxygen atoms in total. The van der Waals surface area contributed by atoms with Crippen molar-refractivity contribution in [3.63, 3.8) is 0 Å². The van der Waals surface area contributed by atoms with Gasteiger partial charge in [-0.25, -0.2) is 14.4 Å².